The SMILES string of the molecule is Cc1cc(F)ccc1CCNc1nc(N)ns1. The summed E-state index contributed by atoms with van der Waals surface area (Å²) in [6.07, 6.45) is 0.811. The predicted molar refractivity (Wildman–Crippen MR) is 67.7 cm³/mol. The highest BCUT2D eigenvalue weighted by atomic mass is 32.1. The predicted octanol–water partition coefficient (Wildman–Crippen LogP) is 2.22. The molecule has 0 unspecified atom stereocenters. The summed E-state index contributed by atoms with van der Waals surface area (Å²) < 4.78 is 16.8. The lowest BCUT2D eigenvalue weighted by molar-refractivity contribution is 0.625. The fourth-order valence-corrected chi connectivity index (χ4v) is 2.07. The van der Waals surface area contributed by atoms with Crippen LogP contribution in [0.5, 0.6) is 0 Å². The maximum Gasteiger partial charge on any atom is 0.233 e. The van der Waals surface area contributed by atoms with Crippen LogP contribution < -0.4 is 11.1 Å². The van der Waals surface area contributed by atoms with E-state index in [1.165, 1.54) is 23.7 Å². The van der Waals surface area contributed by atoms with E-state index in [1.54, 1.807) is 6.07 Å². The molecule has 3 N–H and O–H groups in total. The number of nitrogens with one attached hydrogen (secondary N) is 1. The van der Waals surface area contributed by atoms with E-state index in [0.29, 0.717) is 5.13 Å². The third-order valence-corrected chi connectivity index (χ3v) is 3.10. The first kappa shape index (κ1) is 11.8. The van der Waals surface area contributed by atoms with Gasteiger partial charge in [-0.05, 0) is 36.6 Å². The zero-order valence-electron chi connectivity index (χ0n) is 9.40. The van der Waals surface area contributed by atoms with E-state index in [-0.39, 0.29) is 11.8 Å². The van der Waals surface area contributed by atoms with Crippen molar-refractivity contribution in [3.63, 3.8) is 0 Å². The highest BCUT2D eigenvalue weighted by molar-refractivity contribution is 7.09. The maximum absolute atomic E-state index is 12.9. The summed E-state index contributed by atoms with van der Waals surface area (Å²) in [5.74, 6) is 0.0894. The second-order valence-electron chi connectivity index (χ2n) is 3.71. The Morgan fingerprint density at radius 3 is 2.94 bits per heavy atom. The molecule has 90 valence electrons. The van der Waals surface area contributed by atoms with Crippen LogP contribution in [0.1, 0.15) is 11.1 Å². The van der Waals surface area contributed by atoms with Crippen LogP contribution in [0, 0.1) is 12.7 Å². The fourth-order valence-electron chi connectivity index (χ4n) is 1.55. The minimum absolute atomic E-state index is 0.198. The van der Waals surface area contributed by atoms with Crippen LogP contribution >= 0.6 is 11.5 Å². The fraction of sp³-hybridized carbons (Fsp3) is 0.273. The highest BCUT2D eigenvalue weighted by Crippen LogP contribution is 2.13. The molecule has 0 saturated carbocycles. The smallest absolute Gasteiger partial charge is 0.233 e. The average Bonchev–Trinajstić information content (AvgIpc) is 2.68. The summed E-state index contributed by atoms with van der Waals surface area (Å²) in [6, 6.07) is 4.82. The average molecular weight is 252 g/mol. The van der Waals surface area contributed by atoms with E-state index in [4.69, 9.17) is 5.73 Å². The Hall–Kier alpha value is -1.69. The number of nitrogen functional groups attached to an aromatic ring is 1. The molecule has 1 aromatic heterocycles. The van der Waals surface area contributed by atoms with Gasteiger partial charge in [-0.3, -0.25) is 0 Å². The Balaban J connectivity index is 1.90. The molecule has 0 aliphatic carbocycles. The van der Waals surface area contributed by atoms with E-state index in [2.05, 4.69) is 14.7 Å². The molecule has 0 radical (unpaired) electrons. The summed E-state index contributed by atoms with van der Waals surface area (Å²) in [5, 5.41) is 3.84. The second-order valence-corrected chi connectivity index (χ2v) is 4.46. The topological polar surface area (TPSA) is 63.8 Å². The number of halogens is 1. The maximum atomic E-state index is 12.9. The lowest BCUT2D eigenvalue weighted by atomic mass is 10.1. The number of nitrogens with zero attached hydrogens (tertiary/aromatic N) is 2. The lowest BCUT2D eigenvalue weighted by Gasteiger charge is -2.06. The molecule has 6 heteroatoms. The zero-order chi connectivity index (χ0) is 12.3. The van der Waals surface area contributed by atoms with Gasteiger partial charge in [0.1, 0.15) is 5.82 Å². The van der Waals surface area contributed by atoms with Crippen molar-refractivity contribution in [1.82, 2.24) is 9.36 Å². The number of hydrogen-bond donors (Lipinski definition) is 2. The van der Waals surface area contributed by atoms with E-state index in [0.717, 1.165) is 24.1 Å². The van der Waals surface area contributed by atoms with Gasteiger partial charge in [-0.25, -0.2) is 4.39 Å². The lowest BCUT2D eigenvalue weighted by Crippen LogP contribution is -2.05. The van der Waals surface area contributed by atoms with Gasteiger partial charge in [0, 0.05) is 18.1 Å². The molecular formula is C11H13FN4S. The van der Waals surface area contributed by atoms with Gasteiger partial charge in [-0.2, -0.15) is 9.36 Å². The molecule has 0 spiro atoms. The van der Waals surface area contributed by atoms with Gasteiger partial charge in [0.25, 0.3) is 0 Å². The Bertz CT molecular complexity index is 512. The summed E-state index contributed by atoms with van der Waals surface area (Å²) in [5.41, 5.74) is 7.49. The summed E-state index contributed by atoms with van der Waals surface area (Å²) in [4.78, 5) is 3.99. The monoisotopic (exact) mass is 252 g/mol. The Morgan fingerprint density at radius 1 is 1.47 bits per heavy atom. The first-order valence-corrected chi connectivity index (χ1v) is 6.00. The molecule has 1 aromatic carbocycles. The quantitative estimate of drug-likeness (QED) is 0.875. The van der Waals surface area contributed by atoms with E-state index >= 15 is 0 Å². The van der Waals surface area contributed by atoms with Crippen molar-refractivity contribution in [3.05, 3.63) is 35.1 Å². The van der Waals surface area contributed by atoms with Crippen molar-refractivity contribution in [2.45, 2.75) is 13.3 Å². The molecule has 0 bridgehead atoms. The van der Waals surface area contributed by atoms with Crippen LogP contribution in [0.2, 0.25) is 0 Å². The summed E-state index contributed by atoms with van der Waals surface area (Å²) in [7, 11) is 0. The van der Waals surface area contributed by atoms with Gasteiger partial charge in [-0.1, -0.05) is 6.07 Å². The van der Waals surface area contributed by atoms with Crippen LogP contribution in [-0.2, 0) is 6.42 Å². The van der Waals surface area contributed by atoms with Crippen molar-refractivity contribution >= 4 is 22.6 Å². The normalized spacial score (nSPS) is 10.5. The Labute approximate surface area is 103 Å². The van der Waals surface area contributed by atoms with Gasteiger partial charge in [0.05, 0.1) is 0 Å². The number of hydrogen-bond acceptors (Lipinski definition) is 5. The minimum Gasteiger partial charge on any atom is -0.367 e. The Kier molecular flexibility index (Phi) is 3.53. The molecule has 2 rings (SSSR count). The second kappa shape index (κ2) is 5.09. The van der Waals surface area contributed by atoms with Crippen LogP contribution in [0.4, 0.5) is 15.5 Å². The molecule has 17 heavy (non-hydrogen) atoms. The van der Waals surface area contributed by atoms with Crippen molar-refractivity contribution in [2.75, 3.05) is 17.6 Å². The first-order chi connectivity index (χ1) is 8.15. The molecule has 4 nitrogen and oxygen atoms in total. The summed E-state index contributed by atoms with van der Waals surface area (Å²) >= 11 is 1.23. The molecule has 0 atom stereocenters. The summed E-state index contributed by atoms with van der Waals surface area (Å²) in [6.45, 7) is 2.63. The van der Waals surface area contributed by atoms with E-state index in [1.807, 2.05) is 6.92 Å². The van der Waals surface area contributed by atoms with Crippen LogP contribution in [0.25, 0.3) is 0 Å². The molecule has 1 heterocycles. The van der Waals surface area contributed by atoms with Crippen molar-refractivity contribution < 1.29 is 4.39 Å². The number of rotatable bonds is 4. The number of aryl methyl sites for hydroxylation is 1. The zero-order valence-corrected chi connectivity index (χ0v) is 10.2. The van der Waals surface area contributed by atoms with E-state index in [9.17, 15) is 4.39 Å². The van der Waals surface area contributed by atoms with Crippen molar-refractivity contribution in [1.29, 1.82) is 0 Å². The van der Waals surface area contributed by atoms with Gasteiger partial charge in [-0.15, -0.1) is 0 Å². The van der Waals surface area contributed by atoms with Gasteiger partial charge >= 0.3 is 0 Å². The van der Waals surface area contributed by atoms with Crippen LogP contribution in [0.3, 0.4) is 0 Å². The highest BCUT2D eigenvalue weighted by Gasteiger charge is 2.02. The van der Waals surface area contributed by atoms with E-state index < -0.39 is 0 Å². The third kappa shape index (κ3) is 3.13. The van der Waals surface area contributed by atoms with Gasteiger partial charge in [0.2, 0.25) is 11.1 Å². The van der Waals surface area contributed by atoms with Crippen LogP contribution in [-0.4, -0.2) is 15.9 Å². The number of anilines is 2. The minimum atomic E-state index is -0.198. The Morgan fingerprint density at radius 2 is 2.29 bits per heavy atom. The molecule has 0 amide bonds. The standard InChI is InChI=1S/C11H13FN4S/c1-7-6-9(12)3-2-8(7)4-5-14-11-15-10(13)16-17-11/h2-3,6H,4-5H2,1H3,(H3,13,14,15,16). The molecule has 0 aliphatic rings. The molecule has 0 saturated heterocycles. The van der Waals surface area contributed by atoms with Crippen molar-refractivity contribution in [3.8, 4) is 0 Å². The number of aromatic nitrogens is 2. The molecule has 0 aliphatic heterocycles. The van der Waals surface area contributed by atoms with Gasteiger partial charge < -0.3 is 11.1 Å². The van der Waals surface area contributed by atoms with Crippen LogP contribution in [0.15, 0.2) is 18.2 Å². The first-order valence-electron chi connectivity index (χ1n) is 5.23. The molecular weight excluding hydrogens is 239 g/mol. The number of benzene rings is 1. The molecule has 2 aromatic rings. The van der Waals surface area contributed by atoms with Gasteiger partial charge in [0.15, 0.2) is 0 Å². The van der Waals surface area contributed by atoms with Crippen molar-refractivity contribution in [2.24, 2.45) is 0 Å². The third-order valence-electron chi connectivity index (χ3n) is 2.42. The number of nitrogens with two attached hydrogens (primary N) is 1. The molecule has 0 fully saturated rings. The largest absolute Gasteiger partial charge is 0.367 e.